The molecular formula is C14H12ClNO5S2. The molecule has 0 amide bonds. The third-order valence-corrected chi connectivity index (χ3v) is 5.52. The number of esters is 1. The van der Waals surface area contributed by atoms with Gasteiger partial charge in [0, 0.05) is 0 Å². The molecule has 2 rings (SSSR count). The van der Waals surface area contributed by atoms with E-state index >= 15 is 0 Å². The Hall–Kier alpha value is -1.74. The minimum absolute atomic E-state index is 0.0401. The highest BCUT2D eigenvalue weighted by Crippen LogP contribution is 2.22. The van der Waals surface area contributed by atoms with Crippen molar-refractivity contribution in [3.05, 3.63) is 51.2 Å². The van der Waals surface area contributed by atoms with Crippen molar-refractivity contribution < 1.29 is 22.7 Å². The normalized spacial score (nSPS) is 11.2. The number of hydrogen-bond donors (Lipinski definition) is 1. The first-order valence-electron chi connectivity index (χ1n) is 6.33. The van der Waals surface area contributed by atoms with Gasteiger partial charge in [-0.1, -0.05) is 17.7 Å². The molecule has 1 aromatic carbocycles. The fourth-order valence-electron chi connectivity index (χ4n) is 1.66. The lowest BCUT2D eigenvalue weighted by Gasteiger charge is -2.06. The van der Waals surface area contributed by atoms with E-state index in [0.29, 0.717) is 9.21 Å². The number of Topliss-reactive ketones (excluding diaryl/α,β-unsaturated/α-hetero) is 1. The van der Waals surface area contributed by atoms with Gasteiger partial charge in [-0.2, -0.15) is 0 Å². The second-order valence-corrected chi connectivity index (χ2v) is 7.94. The summed E-state index contributed by atoms with van der Waals surface area (Å²) in [5.74, 6) is -1.16. The van der Waals surface area contributed by atoms with Gasteiger partial charge in [0.25, 0.3) is 0 Å². The van der Waals surface area contributed by atoms with E-state index in [1.54, 1.807) is 12.1 Å². The summed E-state index contributed by atoms with van der Waals surface area (Å²) in [5.41, 5.74) is 0.0401. The standard InChI is InChI=1S/C14H12ClNO5S2/c1-16-23(19,20)10-4-2-3-9(7-10)14(18)21-8-11(17)12-5-6-13(15)22-12/h2-7,16H,8H2,1H3. The van der Waals surface area contributed by atoms with E-state index in [4.69, 9.17) is 16.3 Å². The number of carbonyl (C=O) groups excluding carboxylic acids is 2. The SMILES string of the molecule is CNS(=O)(=O)c1cccc(C(=O)OCC(=O)c2ccc(Cl)s2)c1. The number of ketones is 1. The molecule has 0 aliphatic heterocycles. The van der Waals surface area contributed by atoms with Crippen molar-refractivity contribution in [2.24, 2.45) is 0 Å². The Balaban J connectivity index is 2.07. The fourth-order valence-corrected chi connectivity index (χ4v) is 3.40. The average Bonchev–Trinajstić information content (AvgIpc) is 2.99. The van der Waals surface area contributed by atoms with Crippen LogP contribution in [0.25, 0.3) is 0 Å². The predicted octanol–water partition coefficient (Wildman–Crippen LogP) is 2.35. The van der Waals surface area contributed by atoms with E-state index in [9.17, 15) is 18.0 Å². The molecular weight excluding hydrogens is 362 g/mol. The van der Waals surface area contributed by atoms with Crippen LogP contribution < -0.4 is 4.72 Å². The molecule has 23 heavy (non-hydrogen) atoms. The number of ether oxygens (including phenoxy) is 1. The first-order valence-corrected chi connectivity index (χ1v) is 9.00. The number of thiophene rings is 1. The molecule has 0 radical (unpaired) electrons. The third kappa shape index (κ3) is 4.38. The monoisotopic (exact) mass is 373 g/mol. The van der Waals surface area contributed by atoms with Gasteiger partial charge in [0.05, 0.1) is 19.7 Å². The summed E-state index contributed by atoms with van der Waals surface area (Å²) >= 11 is 6.82. The lowest BCUT2D eigenvalue weighted by atomic mass is 10.2. The van der Waals surface area contributed by atoms with Crippen LogP contribution in [0.4, 0.5) is 0 Å². The fraction of sp³-hybridized carbons (Fsp3) is 0.143. The molecule has 2 aromatic rings. The molecule has 6 nitrogen and oxygen atoms in total. The van der Waals surface area contributed by atoms with Crippen molar-refractivity contribution in [2.45, 2.75) is 4.90 Å². The summed E-state index contributed by atoms with van der Waals surface area (Å²) < 4.78 is 30.9. The molecule has 1 aromatic heterocycles. The van der Waals surface area contributed by atoms with Gasteiger partial charge in [-0.05, 0) is 37.4 Å². The van der Waals surface area contributed by atoms with Gasteiger partial charge in [-0.15, -0.1) is 11.3 Å². The Bertz CT molecular complexity index is 844. The molecule has 0 atom stereocenters. The molecule has 0 fully saturated rings. The molecule has 0 saturated carbocycles. The van der Waals surface area contributed by atoms with Gasteiger partial charge in [-0.3, -0.25) is 4.79 Å². The van der Waals surface area contributed by atoms with E-state index in [1.165, 1.54) is 31.3 Å². The Morgan fingerprint density at radius 2 is 2.00 bits per heavy atom. The minimum atomic E-state index is -3.66. The number of rotatable bonds is 6. The maximum atomic E-state index is 11.9. The van der Waals surface area contributed by atoms with E-state index in [0.717, 1.165) is 11.3 Å². The summed E-state index contributed by atoms with van der Waals surface area (Å²) in [6.07, 6.45) is 0. The molecule has 0 spiro atoms. The lowest BCUT2D eigenvalue weighted by Crippen LogP contribution is -2.19. The summed E-state index contributed by atoms with van der Waals surface area (Å²) in [7, 11) is -2.39. The summed E-state index contributed by atoms with van der Waals surface area (Å²) in [5, 5.41) is 0. The number of hydrogen-bond acceptors (Lipinski definition) is 6. The topological polar surface area (TPSA) is 89.5 Å². The molecule has 0 aliphatic carbocycles. The number of halogens is 1. The molecule has 0 saturated heterocycles. The van der Waals surface area contributed by atoms with Crippen LogP contribution in [0.3, 0.4) is 0 Å². The van der Waals surface area contributed by atoms with Crippen LogP contribution >= 0.6 is 22.9 Å². The highest BCUT2D eigenvalue weighted by Gasteiger charge is 2.17. The van der Waals surface area contributed by atoms with Crippen molar-refractivity contribution in [1.82, 2.24) is 4.72 Å². The van der Waals surface area contributed by atoms with Crippen LogP contribution in [0.5, 0.6) is 0 Å². The second-order valence-electron chi connectivity index (χ2n) is 4.34. The maximum absolute atomic E-state index is 11.9. The molecule has 0 aliphatic rings. The van der Waals surface area contributed by atoms with Gasteiger partial charge < -0.3 is 4.74 Å². The lowest BCUT2D eigenvalue weighted by molar-refractivity contribution is 0.0475. The van der Waals surface area contributed by atoms with Crippen molar-refractivity contribution in [1.29, 1.82) is 0 Å². The molecule has 1 heterocycles. The Morgan fingerprint density at radius 1 is 1.26 bits per heavy atom. The van der Waals surface area contributed by atoms with Crippen LogP contribution in [-0.2, 0) is 14.8 Å². The smallest absolute Gasteiger partial charge is 0.338 e. The Labute approximate surface area is 142 Å². The van der Waals surface area contributed by atoms with Crippen LogP contribution in [-0.4, -0.2) is 33.8 Å². The minimum Gasteiger partial charge on any atom is -0.454 e. The van der Waals surface area contributed by atoms with E-state index in [2.05, 4.69) is 4.72 Å². The largest absolute Gasteiger partial charge is 0.454 e. The maximum Gasteiger partial charge on any atom is 0.338 e. The molecule has 0 bridgehead atoms. The number of carbonyl (C=O) groups is 2. The van der Waals surface area contributed by atoms with Crippen molar-refractivity contribution in [3.8, 4) is 0 Å². The first kappa shape index (κ1) is 17.6. The highest BCUT2D eigenvalue weighted by molar-refractivity contribution is 7.89. The number of benzene rings is 1. The quantitative estimate of drug-likeness (QED) is 0.620. The average molecular weight is 374 g/mol. The van der Waals surface area contributed by atoms with Crippen LogP contribution in [0.15, 0.2) is 41.3 Å². The van der Waals surface area contributed by atoms with Crippen molar-refractivity contribution in [2.75, 3.05) is 13.7 Å². The van der Waals surface area contributed by atoms with Gasteiger partial charge in [-0.25, -0.2) is 17.9 Å². The van der Waals surface area contributed by atoms with E-state index in [-0.39, 0.29) is 16.2 Å². The predicted molar refractivity (Wildman–Crippen MR) is 86.6 cm³/mol. The van der Waals surface area contributed by atoms with Gasteiger partial charge in [0.15, 0.2) is 6.61 Å². The first-order chi connectivity index (χ1) is 10.8. The van der Waals surface area contributed by atoms with Crippen molar-refractivity contribution in [3.63, 3.8) is 0 Å². The molecule has 9 heteroatoms. The molecule has 1 N–H and O–H groups in total. The second kappa shape index (κ2) is 7.22. The van der Waals surface area contributed by atoms with E-state index < -0.39 is 22.6 Å². The summed E-state index contributed by atoms with van der Waals surface area (Å²) in [6, 6.07) is 8.48. The number of nitrogens with one attached hydrogen (secondary N) is 1. The van der Waals surface area contributed by atoms with Crippen LogP contribution in [0.1, 0.15) is 20.0 Å². The van der Waals surface area contributed by atoms with Gasteiger partial charge >= 0.3 is 5.97 Å². The van der Waals surface area contributed by atoms with Gasteiger partial charge in [0.2, 0.25) is 15.8 Å². The van der Waals surface area contributed by atoms with E-state index in [1.807, 2.05) is 0 Å². The zero-order valence-electron chi connectivity index (χ0n) is 11.9. The zero-order valence-corrected chi connectivity index (χ0v) is 14.3. The van der Waals surface area contributed by atoms with Crippen LogP contribution in [0.2, 0.25) is 4.34 Å². The molecule has 0 unspecified atom stereocenters. The zero-order chi connectivity index (χ0) is 17.0. The summed E-state index contributed by atoms with van der Waals surface area (Å²) in [4.78, 5) is 24.1. The molecule has 122 valence electrons. The van der Waals surface area contributed by atoms with Crippen LogP contribution in [0, 0.1) is 0 Å². The van der Waals surface area contributed by atoms with Gasteiger partial charge in [0.1, 0.15) is 0 Å². The van der Waals surface area contributed by atoms with Crippen molar-refractivity contribution >= 4 is 44.7 Å². The third-order valence-electron chi connectivity index (χ3n) is 2.83. The number of sulfonamides is 1. The highest BCUT2D eigenvalue weighted by atomic mass is 35.5. The Kier molecular flexibility index (Phi) is 5.53. The Morgan fingerprint density at radius 3 is 2.61 bits per heavy atom. The summed E-state index contributed by atoms with van der Waals surface area (Å²) in [6.45, 7) is -0.446.